The number of hydrogen-bond donors (Lipinski definition) is 2. The number of phenols is 1. The molecule has 1 heterocycles. The highest BCUT2D eigenvalue weighted by Gasteiger charge is 2.24. The van der Waals surface area contributed by atoms with Gasteiger partial charge >= 0.3 is 0 Å². The van der Waals surface area contributed by atoms with E-state index in [1.807, 2.05) is 24.8 Å². The monoisotopic (exact) mass is 319 g/mol. The molecule has 6 nitrogen and oxygen atoms in total. The lowest BCUT2D eigenvalue weighted by molar-refractivity contribution is -0.122. The number of piperazine rings is 1. The highest BCUT2D eigenvalue weighted by atomic mass is 16.3. The molecule has 0 aromatic heterocycles. The summed E-state index contributed by atoms with van der Waals surface area (Å²) in [6, 6.07) is 5.17. The summed E-state index contributed by atoms with van der Waals surface area (Å²) < 4.78 is 0. The first-order valence-electron chi connectivity index (χ1n) is 8.15. The summed E-state index contributed by atoms with van der Waals surface area (Å²) in [6.45, 7) is 7.36. The Hall–Kier alpha value is -2.08. The van der Waals surface area contributed by atoms with Gasteiger partial charge in [-0.25, -0.2) is 0 Å². The van der Waals surface area contributed by atoms with Gasteiger partial charge < -0.3 is 15.3 Å². The predicted octanol–water partition coefficient (Wildman–Crippen LogP) is 0.848. The summed E-state index contributed by atoms with van der Waals surface area (Å²) >= 11 is 0. The van der Waals surface area contributed by atoms with Gasteiger partial charge in [0.05, 0.1) is 12.1 Å². The third-order valence-electron chi connectivity index (χ3n) is 4.10. The third kappa shape index (κ3) is 4.45. The predicted molar refractivity (Wildman–Crippen MR) is 88.5 cm³/mol. The summed E-state index contributed by atoms with van der Waals surface area (Å²) in [5.41, 5.74) is 1.39. The molecule has 1 aromatic carbocycles. The van der Waals surface area contributed by atoms with E-state index in [2.05, 4.69) is 5.32 Å². The molecule has 1 saturated heterocycles. The first kappa shape index (κ1) is 17.3. The first-order chi connectivity index (χ1) is 11.0. The van der Waals surface area contributed by atoms with Crippen molar-refractivity contribution in [2.75, 3.05) is 39.3 Å². The zero-order valence-electron chi connectivity index (χ0n) is 13.8. The minimum absolute atomic E-state index is 0.0144. The van der Waals surface area contributed by atoms with Crippen molar-refractivity contribution in [2.24, 2.45) is 0 Å². The maximum Gasteiger partial charge on any atom is 0.257 e. The van der Waals surface area contributed by atoms with Crippen LogP contribution in [-0.2, 0) is 11.2 Å². The van der Waals surface area contributed by atoms with Gasteiger partial charge in [-0.15, -0.1) is 0 Å². The lowest BCUT2D eigenvalue weighted by atomic mass is 10.1. The van der Waals surface area contributed by atoms with Crippen LogP contribution in [0.1, 0.15) is 29.8 Å². The maximum atomic E-state index is 12.6. The number of carbonyl (C=O) groups is 2. The molecule has 1 aromatic rings. The van der Waals surface area contributed by atoms with E-state index in [1.165, 1.54) is 0 Å². The van der Waals surface area contributed by atoms with E-state index < -0.39 is 0 Å². The summed E-state index contributed by atoms with van der Waals surface area (Å²) in [5.74, 6) is -0.104. The fourth-order valence-electron chi connectivity index (χ4n) is 2.71. The number of phenolic OH excluding ortho intramolecular Hbond substituents is 1. The first-order valence-corrected chi connectivity index (χ1v) is 8.15. The lowest BCUT2D eigenvalue weighted by Gasteiger charge is -2.34. The molecule has 2 amide bonds. The minimum atomic E-state index is -0.143. The Morgan fingerprint density at radius 3 is 2.48 bits per heavy atom. The van der Waals surface area contributed by atoms with Crippen LogP contribution in [0.15, 0.2) is 18.2 Å². The van der Waals surface area contributed by atoms with Gasteiger partial charge in [0.1, 0.15) is 5.75 Å². The fourth-order valence-corrected chi connectivity index (χ4v) is 2.71. The molecule has 0 spiro atoms. The van der Waals surface area contributed by atoms with Crippen LogP contribution in [-0.4, -0.2) is 66.0 Å². The lowest BCUT2D eigenvalue weighted by Crippen LogP contribution is -2.51. The molecule has 6 heteroatoms. The fraction of sp³-hybridized carbons (Fsp3) is 0.529. The summed E-state index contributed by atoms with van der Waals surface area (Å²) in [6.07, 6.45) is 0.820. The van der Waals surface area contributed by atoms with Gasteiger partial charge in [-0.3, -0.25) is 14.5 Å². The van der Waals surface area contributed by atoms with E-state index in [-0.39, 0.29) is 17.6 Å². The molecule has 1 aliphatic rings. The molecule has 1 aliphatic heterocycles. The van der Waals surface area contributed by atoms with E-state index in [4.69, 9.17) is 0 Å². The van der Waals surface area contributed by atoms with E-state index >= 15 is 0 Å². The second-order valence-electron chi connectivity index (χ2n) is 5.73. The van der Waals surface area contributed by atoms with Crippen LogP contribution in [0, 0.1) is 0 Å². The van der Waals surface area contributed by atoms with Crippen molar-refractivity contribution < 1.29 is 14.7 Å². The Labute approximate surface area is 137 Å². The quantitative estimate of drug-likeness (QED) is 0.844. The molecule has 0 bridgehead atoms. The van der Waals surface area contributed by atoms with Gasteiger partial charge in [-0.05, 0) is 31.0 Å². The van der Waals surface area contributed by atoms with Crippen molar-refractivity contribution in [1.82, 2.24) is 15.1 Å². The molecule has 0 unspecified atom stereocenters. The number of nitrogens with zero attached hydrogens (tertiary/aromatic N) is 2. The van der Waals surface area contributed by atoms with Crippen LogP contribution in [0.4, 0.5) is 0 Å². The van der Waals surface area contributed by atoms with Gasteiger partial charge in [-0.2, -0.15) is 0 Å². The molecule has 0 saturated carbocycles. The summed E-state index contributed by atoms with van der Waals surface area (Å²) in [5, 5.41) is 12.7. The molecule has 23 heavy (non-hydrogen) atoms. The standard InChI is InChI=1S/C17H25N3O3/c1-3-13-5-6-15(21)14(11-13)17(23)20-9-7-19(8-10-20)12-16(22)18-4-2/h5-6,11,21H,3-4,7-10,12H2,1-2H3,(H,18,22). The van der Waals surface area contributed by atoms with Gasteiger partial charge in [0, 0.05) is 32.7 Å². The van der Waals surface area contributed by atoms with Crippen molar-refractivity contribution in [2.45, 2.75) is 20.3 Å². The smallest absolute Gasteiger partial charge is 0.257 e. The molecule has 2 N–H and O–H groups in total. The number of rotatable bonds is 5. The second kappa shape index (κ2) is 7.97. The molecule has 0 aliphatic carbocycles. The van der Waals surface area contributed by atoms with Crippen LogP contribution in [0.2, 0.25) is 0 Å². The molecule has 126 valence electrons. The molecular formula is C17H25N3O3. The molecule has 1 fully saturated rings. The van der Waals surface area contributed by atoms with E-state index in [0.717, 1.165) is 12.0 Å². The van der Waals surface area contributed by atoms with Crippen molar-refractivity contribution in [3.8, 4) is 5.75 Å². The zero-order valence-corrected chi connectivity index (χ0v) is 13.8. The third-order valence-corrected chi connectivity index (χ3v) is 4.10. The van der Waals surface area contributed by atoms with Gasteiger partial charge in [0.15, 0.2) is 0 Å². The Morgan fingerprint density at radius 1 is 1.17 bits per heavy atom. The number of benzene rings is 1. The minimum Gasteiger partial charge on any atom is -0.507 e. The Morgan fingerprint density at radius 2 is 1.87 bits per heavy atom. The summed E-state index contributed by atoms with van der Waals surface area (Å²) in [4.78, 5) is 28.0. The number of aryl methyl sites for hydroxylation is 1. The van der Waals surface area contributed by atoms with Gasteiger partial charge in [0.2, 0.25) is 5.91 Å². The molecular weight excluding hydrogens is 294 g/mol. The van der Waals surface area contributed by atoms with Crippen molar-refractivity contribution in [1.29, 1.82) is 0 Å². The SMILES string of the molecule is CCNC(=O)CN1CCN(C(=O)c2cc(CC)ccc2O)CC1. The highest BCUT2D eigenvalue weighted by Crippen LogP contribution is 2.21. The van der Waals surface area contributed by atoms with Gasteiger partial charge in [-0.1, -0.05) is 13.0 Å². The second-order valence-corrected chi connectivity index (χ2v) is 5.73. The largest absolute Gasteiger partial charge is 0.507 e. The zero-order chi connectivity index (χ0) is 16.8. The average molecular weight is 319 g/mol. The Bertz CT molecular complexity index is 566. The van der Waals surface area contributed by atoms with E-state index in [9.17, 15) is 14.7 Å². The number of aromatic hydroxyl groups is 1. The Kier molecular flexibility index (Phi) is 5.98. The molecule has 0 atom stereocenters. The van der Waals surface area contributed by atoms with Crippen LogP contribution < -0.4 is 5.32 Å². The topological polar surface area (TPSA) is 72.9 Å². The van der Waals surface area contributed by atoms with Crippen LogP contribution >= 0.6 is 0 Å². The number of carbonyl (C=O) groups excluding carboxylic acids is 2. The Balaban J connectivity index is 1.95. The number of amides is 2. The average Bonchev–Trinajstić information content (AvgIpc) is 2.55. The maximum absolute atomic E-state index is 12.6. The highest BCUT2D eigenvalue weighted by molar-refractivity contribution is 5.97. The van der Waals surface area contributed by atoms with Crippen LogP contribution in [0.5, 0.6) is 5.75 Å². The van der Waals surface area contributed by atoms with Crippen molar-refractivity contribution in [3.63, 3.8) is 0 Å². The molecule has 0 radical (unpaired) electrons. The van der Waals surface area contributed by atoms with Crippen LogP contribution in [0.25, 0.3) is 0 Å². The van der Waals surface area contributed by atoms with E-state index in [1.54, 1.807) is 17.0 Å². The normalized spacial score (nSPS) is 15.5. The summed E-state index contributed by atoms with van der Waals surface area (Å²) in [7, 11) is 0. The number of hydrogen-bond acceptors (Lipinski definition) is 4. The van der Waals surface area contributed by atoms with Gasteiger partial charge in [0.25, 0.3) is 5.91 Å². The number of nitrogens with one attached hydrogen (secondary N) is 1. The van der Waals surface area contributed by atoms with Crippen molar-refractivity contribution >= 4 is 11.8 Å². The number of likely N-dealkylation sites (N-methyl/N-ethyl adjacent to an activating group) is 1. The van der Waals surface area contributed by atoms with Crippen molar-refractivity contribution in [3.05, 3.63) is 29.3 Å². The molecule has 2 rings (SSSR count). The van der Waals surface area contributed by atoms with Crippen LogP contribution in [0.3, 0.4) is 0 Å². The van der Waals surface area contributed by atoms with E-state index in [0.29, 0.717) is 44.8 Å².